The predicted octanol–water partition coefficient (Wildman–Crippen LogP) is 11.4. The fraction of sp³-hybridized carbons (Fsp3) is 0.763. The number of hydrogen-bond acceptors (Lipinski definition) is 6. The molecule has 0 unspecified atom stereocenters. The quantitative estimate of drug-likeness (QED) is 0.0120. The van der Waals surface area contributed by atoms with Gasteiger partial charge >= 0.3 is 18.2 Å². The molecule has 0 spiro atoms. The molecule has 0 fully saturated rings. The highest BCUT2D eigenvalue weighted by molar-refractivity contribution is 5.78. The van der Waals surface area contributed by atoms with E-state index in [9.17, 15) is 18.0 Å². The highest BCUT2D eigenvalue weighted by atomic mass is 19.4. The van der Waals surface area contributed by atoms with Gasteiger partial charge < -0.3 is 59.9 Å². The summed E-state index contributed by atoms with van der Waals surface area (Å²) in [5.74, 6) is -1.38. The first-order valence-electron chi connectivity index (χ1n) is 29.8. The van der Waals surface area contributed by atoms with Gasteiger partial charge in [-0.2, -0.15) is 13.2 Å². The number of hydrogen-bond donors (Lipinski definition) is 9. The van der Waals surface area contributed by atoms with E-state index in [-0.39, 0.29) is 18.0 Å². The number of amides is 2. The first-order valence-corrected chi connectivity index (χ1v) is 29.8. The number of nitrogens with two attached hydrogens (primary N) is 6. The van der Waals surface area contributed by atoms with Gasteiger partial charge in [-0.15, -0.1) is 0 Å². The first kappa shape index (κ1) is 75.6. The van der Waals surface area contributed by atoms with Crippen molar-refractivity contribution in [3.8, 4) is 0 Å². The number of urea groups is 1. The van der Waals surface area contributed by atoms with Crippen LogP contribution in [-0.4, -0.2) is 122 Å². The molecular formula is C59H113F3N14O3. The highest BCUT2D eigenvalue weighted by Crippen LogP contribution is 2.16. The molecule has 0 saturated heterocycles. The molecule has 458 valence electrons. The predicted molar refractivity (Wildman–Crippen MR) is 328 cm³/mol. The number of carboxylic acid groups (broad SMARTS) is 1. The van der Waals surface area contributed by atoms with Gasteiger partial charge in [0.1, 0.15) is 0 Å². The lowest BCUT2D eigenvalue weighted by Gasteiger charge is -2.31. The molecular weight excluding hydrogens is 1010 g/mol. The van der Waals surface area contributed by atoms with Crippen LogP contribution in [-0.2, 0) is 4.79 Å². The number of allylic oxidation sites excluding steroid dienone is 6. The lowest BCUT2D eigenvalue weighted by molar-refractivity contribution is -0.192. The average molecular weight is 1120 g/mol. The van der Waals surface area contributed by atoms with Gasteiger partial charge in [0.15, 0.2) is 23.8 Å². The molecule has 0 radical (unpaired) electrons. The zero-order chi connectivity index (χ0) is 59.4. The Morgan fingerprint density at radius 3 is 1.00 bits per heavy atom. The second-order valence-electron chi connectivity index (χ2n) is 21.2. The molecule has 0 aromatic carbocycles. The van der Waals surface area contributed by atoms with Gasteiger partial charge in [0.05, 0.1) is 13.1 Å². The number of nitrogens with zero attached hydrogens (tertiary/aromatic N) is 6. The van der Waals surface area contributed by atoms with Gasteiger partial charge in [-0.05, 0) is 119 Å². The van der Waals surface area contributed by atoms with Crippen LogP contribution in [0.4, 0.5) is 18.0 Å². The minimum Gasteiger partial charge on any atom is -0.475 e. The third-order valence-corrected chi connectivity index (χ3v) is 13.0. The highest BCUT2D eigenvalue weighted by Gasteiger charge is 2.38. The lowest BCUT2D eigenvalue weighted by atomic mass is 10.1. The number of halogens is 3. The number of guanidine groups is 4. The van der Waals surface area contributed by atoms with Crippen molar-refractivity contribution in [2.75, 3.05) is 65.4 Å². The maximum atomic E-state index is 14.5. The number of aliphatic imine (C=N–C) groups is 4. The van der Waals surface area contributed by atoms with Crippen LogP contribution in [0.25, 0.3) is 0 Å². The van der Waals surface area contributed by atoms with Crippen LogP contribution in [0.1, 0.15) is 221 Å². The Morgan fingerprint density at radius 2 is 0.722 bits per heavy atom. The van der Waals surface area contributed by atoms with Crippen molar-refractivity contribution in [2.45, 2.75) is 228 Å². The molecule has 0 aliphatic carbocycles. The van der Waals surface area contributed by atoms with E-state index in [0.717, 1.165) is 193 Å². The fourth-order valence-electron chi connectivity index (χ4n) is 8.26. The molecule has 0 atom stereocenters. The van der Waals surface area contributed by atoms with Gasteiger partial charge in [-0.3, -0.25) is 9.98 Å². The van der Waals surface area contributed by atoms with E-state index in [1.165, 1.54) is 48.0 Å². The van der Waals surface area contributed by atoms with Gasteiger partial charge in [0.25, 0.3) is 0 Å². The third kappa shape index (κ3) is 55.7. The van der Waals surface area contributed by atoms with Gasteiger partial charge in [0, 0.05) is 52.4 Å². The van der Waals surface area contributed by atoms with Crippen LogP contribution in [0.2, 0.25) is 0 Å². The van der Waals surface area contributed by atoms with Crippen LogP contribution in [0.5, 0.6) is 0 Å². The molecule has 0 aliphatic rings. The molecule has 0 aliphatic heterocycles. The van der Waals surface area contributed by atoms with Crippen molar-refractivity contribution in [2.24, 2.45) is 54.4 Å². The molecule has 20 heteroatoms. The van der Waals surface area contributed by atoms with Crippen molar-refractivity contribution in [3.63, 3.8) is 0 Å². The SMILES string of the molecule is CC(C)=CCC/C(C)=C/CN=C(N)NCCCCCCCCN(CCCCCCCCN=C(N)N)C(=O)N(CCCCCCCCN=C(N)N)CCCCCCCCNC(N)=NC/C=C(\C)CCC=C(C)C.O=C(O)C(F)(F)F. The Morgan fingerprint density at radius 1 is 0.443 bits per heavy atom. The number of alkyl halides is 3. The van der Waals surface area contributed by atoms with Crippen LogP contribution < -0.4 is 45.0 Å². The van der Waals surface area contributed by atoms with Crippen LogP contribution in [0.3, 0.4) is 0 Å². The molecule has 17 nitrogen and oxygen atoms in total. The van der Waals surface area contributed by atoms with Gasteiger partial charge in [0.2, 0.25) is 0 Å². The molecule has 0 aromatic heterocycles. The number of carbonyl (C=O) groups is 2. The van der Waals surface area contributed by atoms with Crippen LogP contribution in [0, 0.1) is 0 Å². The lowest BCUT2D eigenvalue weighted by Crippen LogP contribution is -2.45. The Kier molecular flexibility index (Phi) is 49.8. The van der Waals surface area contributed by atoms with Crippen molar-refractivity contribution < 1.29 is 27.9 Å². The molecule has 0 rings (SSSR count). The zero-order valence-electron chi connectivity index (χ0n) is 50.2. The van der Waals surface area contributed by atoms with E-state index in [4.69, 9.17) is 44.3 Å². The summed E-state index contributed by atoms with van der Waals surface area (Å²) < 4.78 is 31.7. The summed E-state index contributed by atoms with van der Waals surface area (Å²) in [5.41, 5.74) is 39.6. The molecule has 2 amide bonds. The number of nitrogens with one attached hydrogen (secondary N) is 2. The van der Waals surface area contributed by atoms with E-state index >= 15 is 0 Å². The number of carbonyl (C=O) groups excluding carboxylic acids is 1. The van der Waals surface area contributed by atoms with E-state index in [1.807, 2.05) is 0 Å². The van der Waals surface area contributed by atoms with Crippen molar-refractivity contribution in [3.05, 3.63) is 46.6 Å². The summed E-state index contributed by atoms with van der Waals surface area (Å²) in [6.07, 6.45) is 34.7. The van der Waals surface area contributed by atoms with Crippen LogP contribution >= 0.6 is 0 Å². The number of carboxylic acids is 1. The van der Waals surface area contributed by atoms with E-state index < -0.39 is 12.1 Å². The summed E-state index contributed by atoms with van der Waals surface area (Å²) in [6.45, 7) is 20.4. The van der Waals surface area contributed by atoms with Crippen LogP contribution in [0.15, 0.2) is 66.6 Å². The number of rotatable bonds is 46. The Labute approximate surface area is 476 Å². The smallest absolute Gasteiger partial charge is 0.475 e. The summed E-state index contributed by atoms with van der Waals surface area (Å²) in [6, 6.07) is 0.226. The normalized spacial score (nSPS) is 12.0. The van der Waals surface area contributed by atoms with Gasteiger partial charge in [-0.1, -0.05) is 149 Å². The summed E-state index contributed by atoms with van der Waals surface area (Å²) in [7, 11) is 0. The second-order valence-corrected chi connectivity index (χ2v) is 21.2. The van der Waals surface area contributed by atoms with E-state index in [2.05, 4.69) is 106 Å². The second kappa shape index (κ2) is 52.0. The molecule has 0 heterocycles. The largest absolute Gasteiger partial charge is 0.490 e. The zero-order valence-corrected chi connectivity index (χ0v) is 50.2. The maximum absolute atomic E-state index is 14.5. The standard InChI is InChI=1S/C57H112N14O.C2HF3O2/c1-49(2)33-31-35-51(5)37-43-68-55(62)66-41-25-17-9-13-21-29-47-70(45-27-19-11-7-15-23-39-64-53(58)59)57(72)71(46-28-20-12-8-16-24-40-65-54(60)61)48-30-22-14-10-18-26-42-67-56(63)69-44-38-52(6)36-32-34-50(3)4;3-2(4,5)1(6)7/h33-34,37-38H,7-32,35-36,39-48H2,1-6H3,(H4,58,59,64)(H4,60,61,65)(H3,62,66,68)(H3,63,67,69);(H,6,7)/b51-37+,52-38+;. The molecule has 79 heavy (non-hydrogen) atoms. The minimum absolute atomic E-state index is 0.164. The van der Waals surface area contributed by atoms with Crippen molar-refractivity contribution >= 4 is 35.8 Å². The van der Waals surface area contributed by atoms with E-state index in [0.29, 0.717) is 38.1 Å². The Bertz CT molecular complexity index is 1680. The fourth-order valence-corrected chi connectivity index (χ4v) is 8.26. The third-order valence-electron chi connectivity index (χ3n) is 13.0. The first-order chi connectivity index (χ1) is 37.6. The maximum Gasteiger partial charge on any atom is 0.490 e. The summed E-state index contributed by atoms with van der Waals surface area (Å²) >= 11 is 0. The topological polar surface area (TPSA) is 290 Å². The molecule has 15 N–H and O–H groups in total. The molecule has 0 saturated carbocycles. The molecule has 0 aromatic rings. The number of unbranched alkanes of at least 4 members (excludes halogenated alkanes) is 20. The summed E-state index contributed by atoms with van der Waals surface area (Å²) in [5, 5.41) is 13.7. The van der Waals surface area contributed by atoms with Gasteiger partial charge in [-0.25, -0.2) is 19.6 Å². The Hall–Kier alpha value is -5.43. The van der Waals surface area contributed by atoms with Crippen molar-refractivity contribution in [1.82, 2.24) is 20.4 Å². The summed E-state index contributed by atoms with van der Waals surface area (Å²) in [4.78, 5) is 44.9. The molecule has 0 bridgehead atoms. The monoisotopic (exact) mass is 1120 g/mol. The van der Waals surface area contributed by atoms with Crippen molar-refractivity contribution in [1.29, 1.82) is 0 Å². The number of aliphatic carboxylic acids is 1. The van der Waals surface area contributed by atoms with E-state index in [1.54, 1.807) is 0 Å². The Balaban J connectivity index is 0. The average Bonchev–Trinajstić information content (AvgIpc) is 3.36. The minimum atomic E-state index is -5.08.